The molecule has 2 nitrogen and oxygen atoms in total. The molecule has 0 saturated heterocycles. The largest absolute Gasteiger partial charge is 0.292 e. The van der Waals surface area contributed by atoms with Crippen molar-refractivity contribution in [3.05, 3.63) is 90.0 Å². The second-order valence-corrected chi connectivity index (χ2v) is 9.34. The van der Waals surface area contributed by atoms with Gasteiger partial charge in [0.2, 0.25) is 0 Å². The van der Waals surface area contributed by atoms with Crippen molar-refractivity contribution < 1.29 is 4.79 Å². The second kappa shape index (κ2) is 5.99. The third-order valence-corrected chi connectivity index (χ3v) is 7.73. The minimum atomic E-state index is -0.495. The number of halogens is 1. The van der Waals surface area contributed by atoms with Gasteiger partial charge < -0.3 is 0 Å². The number of rotatable bonds is 1. The summed E-state index contributed by atoms with van der Waals surface area (Å²) in [5.74, 6) is 0.0106. The Balaban J connectivity index is 1.65. The van der Waals surface area contributed by atoms with Gasteiger partial charge in [0.05, 0.1) is 0 Å². The number of carbonyl (C=O) groups is 1. The molecule has 0 fully saturated rings. The van der Waals surface area contributed by atoms with Crippen LogP contribution in [0.15, 0.2) is 78.9 Å². The molecular formula is C30H16ClNO. The predicted octanol–water partition coefficient (Wildman–Crippen LogP) is 7.80. The summed E-state index contributed by atoms with van der Waals surface area (Å²) in [6.45, 7) is 0. The summed E-state index contributed by atoms with van der Waals surface area (Å²) in [6.07, 6.45) is 3.90. The zero-order chi connectivity index (χ0) is 21.8. The third kappa shape index (κ3) is 2.11. The van der Waals surface area contributed by atoms with E-state index < -0.39 is 6.04 Å². The van der Waals surface area contributed by atoms with Crippen molar-refractivity contribution in [3.8, 4) is 0 Å². The highest BCUT2D eigenvalue weighted by Crippen LogP contribution is 2.46. The molecule has 0 bridgehead atoms. The van der Waals surface area contributed by atoms with Gasteiger partial charge in [0.1, 0.15) is 6.04 Å². The van der Waals surface area contributed by atoms with Gasteiger partial charge in [-0.3, -0.25) is 4.79 Å². The summed E-state index contributed by atoms with van der Waals surface area (Å²) in [6, 6.07) is 25.9. The highest BCUT2D eigenvalue weighted by Gasteiger charge is 2.26. The van der Waals surface area contributed by atoms with E-state index in [1.165, 1.54) is 53.9 Å². The maximum Gasteiger partial charge on any atom is 0.185 e. The van der Waals surface area contributed by atoms with Crippen molar-refractivity contribution in [3.63, 3.8) is 0 Å². The average molecular weight is 442 g/mol. The normalized spacial score (nSPS) is 16.4. The van der Waals surface area contributed by atoms with Crippen molar-refractivity contribution in [2.75, 3.05) is 0 Å². The van der Waals surface area contributed by atoms with Gasteiger partial charge in [0.15, 0.2) is 5.78 Å². The average Bonchev–Trinajstić information content (AvgIpc) is 2.85. The van der Waals surface area contributed by atoms with E-state index >= 15 is 0 Å². The van der Waals surface area contributed by atoms with Crippen LogP contribution in [0, 0.1) is 0 Å². The summed E-state index contributed by atoms with van der Waals surface area (Å²) >= 11 is 5.83. The van der Waals surface area contributed by atoms with Crippen LogP contribution in [0.1, 0.15) is 15.9 Å². The van der Waals surface area contributed by atoms with E-state index in [9.17, 15) is 4.79 Å². The van der Waals surface area contributed by atoms with Gasteiger partial charge in [0, 0.05) is 5.56 Å². The lowest BCUT2D eigenvalue weighted by Crippen LogP contribution is -2.31. The number of fused-ring (bicyclic) bond motifs is 4. The van der Waals surface area contributed by atoms with Gasteiger partial charge in [-0.2, -0.15) is 0 Å². The number of carbonyl (C=O) groups excluding carboxylic acids is 1. The van der Waals surface area contributed by atoms with Gasteiger partial charge in [0.25, 0.3) is 0 Å². The van der Waals surface area contributed by atoms with Gasteiger partial charge in [-0.25, -0.2) is 4.84 Å². The van der Waals surface area contributed by atoms with Crippen LogP contribution in [0.5, 0.6) is 0 Å². The highest BCUT2D eigenvalue weighted by molar-refractivity contribution is 6.39. The molecule has 1 aliphatic rings. The SMILES string of the molecule is O=C1c2cc3ccc4cc5c6ccccc6cc6ccc7cc(c2C=CC1NCl)c3c4c7c65. The molecule has 33 heavy (non-hydrogen) atoms. The first kappa shape index (κ1) is 17.8. The van der Waals surface area contributed by atoms with Crippen LogP contribution < -0.4 is 4.84 Å². The molecule has 7 aromatic carbocycles. The Hall–Kier alpha value is -3.72. The van der Waals surface area contributed by atoms with Crippen molar-refractivity contribution in [1.29, 1.82) is 0 Å². The highest BCUT2D eigenvalue weighted by atomic mass is 35.5. The van der Waals surface area contributed by atoms with E-state index in [0.717, 1.165) is 21.9 Å². The molecule has 1 atom stereocenters. The first-order valence-corrected chi connectivity index (χ1v) is 11.5. The fourth-order valence-electron chi connectivity index (χ4n) is 6.08. The van der Waals surface area contributed by atoms with Crippen LogP contribution in [0.4, 0.5) is 0 Å². The molecule has 1 unspecified atom stereocenters. The first-order valence-electron chi connectivity index (χ1n) is 11.1. The third-order valence-electron chi connectivity index (χ3n) is 7.49. The van der Waals surface area contributed by atoms with E-state index in [2.05, 4.69) is 71.6 Å². The molecule has 0 amide bonds. The number of nitrogens with one attached hydrogen (secondary N) is 1. The molecule has 3 heteroatoms. The molecule has 1 aliphatic carbocycles. The van der Waals surface area contributed by atoms with Crippen LogP contribution >= 0.6 is 11.8 Å². The van der Waals surface area contributed by atoms with E-state index in [0.29, 0.717) is 0 Å². The minimum Gasteiger partial charge on any atom is -0.292 e. The van der Waals surface area contributed by atoms with Crippen LogP contribution in [0.25, 0.3) is 70.7 Å². The maximum atomic E-state index is 13.1. The summed E-state index contributed by atoms with van der Waals surface area (Å²) in [5, 5.41) is 14.9. The fourth-order valence-corrected chi connectivity index (χ4v) is 6.25. The summed E-state index contributed by atoms with van der Waals surface area (Å²) in [4.78, 5) is 15.7. The lowest BCUT2D eigenvalue weighted by atomic mass is 9.81. The lowest BCUT2D eigenvalue weighted by Gasteiger charge is -2.22. The molecule has 0 aromatic heterocycles. The number of hydrogen-bond donors (Lipinski definition) is 1. The predicted molar refractivity (Wildman–Crippen MR) is 140 cm³/mol. The molecule has 0 saturated carbocycles. The Kier molecular flexibility index (Phi) is 3.23. The van der Waals surface area contributed by atoms with E-state index in [1.54, 1.807) is 0 Å². The minimum absolute atomic E-state index is 0.0106. The maximum absolute atomic E-state index is 13.1. The van der Waals surface area contributed by atoms with Crippen LogP contribution in [0.3, 0.4) is 0 Å². The number of Topliss-reactive ketones (excluding diaryl/α,β-unsaturated/α-hetero) is 1. The van der Waals surface area contributed by atoms with Crippen LogP contribution in [-0.2, 0) is 0 Å². The molecule has 1 N–H and O–H groups in total. The monoisotopic (exact) mass is 441 g/mol. The van der Waals surface area contributed by atoms with E-state index in [1.807, 2.05) is 18.2 Å². The van der Waals surface area contributed by atoms with Crippen molar-refractivity contribution in [2.24, 2.45) is 0 Å². The Labute approximate surface area is 193 Å². The lowest BCUT2D eigenvalue weighted by molar-refractivity contribution is 0.0971. The van der Waals surface area contributed by atoms with Gasteiger partial charge >= 0.3 is 0 Å². The number of hydrogen-bond acceptors (Lipinski definition) is 2. The molecular weight excluding hydrogens is 426 g/mol. The van der Waals surface area contributed by atoms with Crippen molar-refractivity contribution in [1.82, 2.24) is 4.84 Å². The Bertz CT molecular complexity index is 1980. The summed E-state index contributed by atoms with van der Waals surface area (Å²) in [7, 11) is 0. The fraction of sp³-hybridized carbons (Fsp3) is 0.0333. The van der Waals surface area contributed by atoms with Gasteiger partial charge in [-0.15, -0.1) is 0 Å². The smallest absolute Gasteiger partial charge is 0.185 e. The molecule has 0 aliphatic heterocycles. The van der Waals surface area contributed by atoms with Crippen LogP contribution in [-0.4, -0.2) is 11.8 Å². The van der Waals surface area contributed by atoms with Crippen molar-refractivity contribution >= 4 is 88.3 Å². The Morgan fingerprint density at radius 3 is 2.03 bits per heavy atom. The Morgan fingerprint density at radius 2 is 1.27 bits per heavy atom. The number of benzene rings is 7. The quantitative estimate of drug-likeness (QED) is 0.160. The second-order valence-electron chi connectivity index (χ2n) is 9.12. The topological polar surface area (TPSA) is 29.1 Å². The molecule has 0 spiro atoms. The summed E-state index contributed by atoms with van der Waals surface area (Å²) in [5.41, 5.74) is 1.71. The van der Waals surface area contributed by atoms with E-state index in [4.69, 9.17) is 11.8 Å². The molecule has 7 aromatic rings. The zero-order valence-corrected chi connectivity index (χ0v) is 18.2. The van der Waals surface area contributed by atoms with Gasteiger partial charge in [-0.05, 0) is 106 Å². The van der Waals surface area contributed by atoms with E-state index in [-0.39, 0.29) is 5.78 Å². The molecule has 0 radical (unpaired) electrons. The zero-order valence-electron chi connectivity index (χ0n) is 17.4. The standard InChI is InChI=1S/C30H16ClNO/c31-32-25-10-9-21-23-13-19-7-5-16-11-15-3-1-2-4-20(15)22-12-18-8-6-17(14-24(21)30(25)33)27(23)29(18)28(19)26(16)22/h1-14,25,32H. The summed E-state index contributed by atoms with van der Waals surface area (Å²) < 4.78 is 0. The van der Waals surface area contributed by atoms with Gasteiger partial charge in [-0.1, -0.05) is 60.7 Å². The van der Waals surface area contributed by atoms with Crippen molar-refractivity contribution in [2.45, 2.75) is 6.04 Å². The molecule has 154 valence electrons. The molecule has 0 heterocycles. The first-order chi connectivity index (χ1) is 16.2. The number of ketones is 1. The Morgan fingerprint density at radius 1 is 0.636 bits per heavy atom. The van der Waals surface area contributed by atoms with Crippen LogP contribution in [0.2, 0.25) is 0 Å². The molecule has 8 rings (SSSR count).